The largest absolute Gasteiger partial charge is 0.573 e. The molecule has 0 atom stereocenters. The van der Waals surface area contributed by atoms with Crippen molar-refractivity contribution >= 4 is 21.7 Å². The van der Waals surface area contributed by atoms with Crippen LogP contribution >= 0.6 is 15.9 Å². The molecule has 0 saturated heterocycles. The molecular formula is C13H11BrF3N3O. The lowest BCUT2D eigenvalue weighted by Crippen LogP contribution is -2.17. The van der Waals surface area contributed by atoms with Crippen LogP contribution in [0.4, 0.5) is 19.0 Å². The van der Waals surface area contributed by atoms with Crippen LogP contribution in [0.2, 0.25) is 0 Å². The van der Waals surface area contributed by atoms with Gasteiger partial charge in [0.1, 0.15) is 17.4 Å². The third-order valence-corrected chi connectivity index (χ3v) is 3.06. The van der Waals surface area contributed by atoms with E-state index in [9.17, 15) is 13.2 Å². The Balaban J connectivity index is 1.99. The summed E-state index contributed by atoms with van der Waals surface area (Å²) >= 11 is 3.32. The fourth-order valence-corrected chi connectivity index (χ4v) is 1.91. The molecule has 1 heterocycles. The second kappa shape index (κ2) is 6.30. The van der Waals surface area contributed by atoms with Crippen LogP contribution in [0, 0.1) is 6.92 Å². The minimum absolute atomic E-state index is 0.245. The quantitative estimate of drug-likeness (QED) is 0.891. The predicted octanol–water partition coefficient (Wildman–Crippen LogP) is 4.06. The summed E-state index contributed by atoms with van der Waals surface area (Å²) < 4.78 is 40.6. The van der Waals surface area contributed by atoms with Gasteiger partial charge in [0.15, 0.2) is 0 Å². The number of rotatable bonds is 4. The molecule has 1 aromatic carbocycles. The van der Waals surface area contributed by atoms with Crippen molar-refractivity contribution in [3.63, 3.8) is 0 Å². The minimum atomic E-state index is -4.68. The molecule has 0 fully saturated rings. The monoisotopic (exact) mass is 361 g/mol. The Morgan fingerprint density at radius 2 is 1.90 bits per heavy atom. The highest BCUT2D eigenvalue weighted by Crippen LogP contribution is 2.23. The molecule has 0 spiro atoms. The van der Waals surface area contributed by atoms with E-state index in [0.29, 0.717) is 22.7 Å². The first-order valence-corrected chi connectivity index (χ1v) is 6.70. The lowest BCUT2D eigenvalue weighted by atomic mass is 10.2. The Morgan fingerprint density at radius 3 is 2.52 bits per heavy atom. The number of anilines is 1. The maximum atomic E-state index is 12.0. The SMILES string of the molecule is Cc1ncc(Br)c(NCc2ccc(OC(F)(F)F)cc2)n1. The molecule has 0 radical (unpaired) electrons. The Bertz CT molecular complexity index is 617. The number of hydrogen-bond acceptors (Lipinski definition) is 4. The first-order valence-electron chi connectivity index (χ1n) is 5.91. The van der Waals surface area contributed by atoms with Crippen LogP contribution in [0.1, 0.15) is 11.4 Å². The lowest BCUT2D eigenvalue weighted by molar-refractivity contribution is -0.274. The molecule has 0 saturated carbocycles. The van der Waals surface area contributed by atoms with E-state index in [4.69, 9.17) is 0 Å². The highest BCUT2D eigenvalue weighted by molar-refractivity contribution is 9.10. The van der Waals surface area contributed by atoms with Crippen LogP contribution in [-0.2, 0) is 6.54 Å². The second-order valence-corrected chi connectivity index (χ2v) is 5.01. The first-order chi connectivity index (χ1) is 9.83. The smallest absolute Gasteiger partial charge is 0.406 e. The Kier molecular flexibility index (Phi) is 4.66. The number of ether oxygens (including phenoxy) is 1. The third kappa shape index (κ3) is 4.89. The van der Waals surface area contributed by atoms with Gasteiger partial charge in [-0.3, -0.25) is 0 Å². The topological polar surface area (TPSA) is 47.0 Å². The average molecular weight is 362 g/mol. The molecule has 0 unspecified atom stereocenters. The van der Waals surface area contributed by atoms with Gasteiger partial charge in [-0.2, -0.15) is 0 Å². The van der Waals surface area contributed by atoms with Crippen LogP contribution < -0.4 is 10.1 Å². The Labute approximate surface area is 127 Å². The molecule has 0 aliphatic carbocycles. The van der Waals surface area contributed by atoms with Crippen LogP contribution in [0.15, 0.2) is 34.9 Å². The van der Waals surface area contributed by atoms with E-state index in [1.54, 1.807) is 25.3 Å². The second-order valence-electron chi connectivity index (χ2n) is 4.16. The van der Waals surface area contributed by atoms with Crippen molar-refractivity contribution < 1.29 is 17.9 Å². The Hall–Kier alpha value is -1.83. The maximum Gasteiger partial charge on any atom is 0.573 e. The number of nitrogens with zero attached hydrogens (tertiary/aromatic N) is 2. The molecule has 2 rings (SSSR count). The fourth-order valence-electron chi connectivity index (χ4n) is 1.57. The molecule has 21 heavy (non-hydrogen) atoms. The molecular weight excluding hydrogens is 351 g/mol. The number of benzene rings is 1. The van der Waals surface area contributed by atoms with Gasteiger partial charge >= 0.3 is 6.36 Å². The van der Waals surface area contributed by atoms with Crippen molar-refractivity contribution in [2.24, 2.45) is 0 Å². The number of nitrogens with one attached hydrogen (secondary N) is 1. The van der Waals surface area contributed by atoms with Gasteiger partial charge in [-0.05, 0) is 40.5 Å². The van der Waals surface area contributed by atoms with Crippen molar-refractivity contribution in [2.75, 3.05) is 5.32 Å². The van der Waals surface area contributed by atoms with Gasteiger partial charge in [-0.1, -0.05) is 12.1 Å². The number of halogens is 4. The van der Waals surface area contributed by atoms with Crippen LogP contribution in [0.5, 0.6) is 5.75 Å². The summed E-state index contributed by atoms with van der Waals surface area (Å²) in [6, 6.07) is 5.64. The summed E-state index contributed by atoms with van der Waals surface area (Å²) in [5.41, 5.74) is 0.799. The summed E-state index contributed by atoms with van der Waals surface area (Å²) in [5, 5.41) is 3.08. The summed E-state index contributed by atoms with van der Waals surface area (Å²) in [6.07, 6.45) is -3.05. The number of aryl methyl sites for hydroxylation is 1. The normalized spacial score (nSPS) is 11.3. The van der Waals surface area contributed by atoms with Crippen LogP contribution in [-0.4, -0.2) is 16.3 Å². The molecule has 0 amide bonds. The van der Waals surface area contributed by atoms with Gasteiger partial charge in [-0.15, -0.1) is 13.2 Å². The van der Waals surface area contributed by atoms with Gasteiger partial charge in [0.25, 0.3) is 0 Å². The van der Waals surface area contributed by atoms with E-state index in [1.165, 1.54) is 12.1 Å². The Morgan fingerprint density at radius 1 is 1.24 bits per heavy atom. The highest BCUT2D eigenvalue weighted by Gasteiger charge is 2.30. The maximum absolute atomic E-state index is 12.0. The van der Waals surface area contributed by atoms with E-state index in [1.807, 2.05) is 0 Å². The molecule has 0 aliphatic heterocycles. The molecule has 112 valence electrons. The van der Waals surface area contributed by atoms with Crippen molar-refractivity contribution in [3.8, 4) is 5.75 Å². The molecule has 4 nitrogen and oxygen atoms in total. The van der Waals surface area contributed by atoms with Gasteiger partial charge < -0.3 is 10.1 Å². The number of alkyl halides is 3. The van der Waals surface area contributed by atoms with E-state index in [0.717, 1.165) is 5.56 Å². The lowest BCUT2D eigenvalue weighted by Gasteiger charge is -2.10. The van der Waals surface area contributed by atoms with E-state index < -0.39 is 6.36 Å². The van der Waals surface area contributed by atoms with E-state index >= 15 is 0 Å². The zero-order chi connectivity index (χ0) is 15.5. The van der Waals surface area contributed by atoms with Crippen molar-refractivity contribution in [3.05, 3.63) is 46.3 Å². The summed E-state index contributed by atoms with van der Waals surface area (Å²) in [5.74, 6) is 0.998. The van der Waals surface area contributed by atoms with Crippen molar-refractivity contribution in [1.29, 1.82) is 0 Å². The summed E-state index contributed by atoms with van der Waals surface area (Å²) in [6.45, 7) is 2.18. The van der Waals surface area contributed by atoms with Crippen molar-refractivity contribution in [2.45, 2.75) is 19.8 Å². The van der Waals surface area contributed by atoms with Gasteiger partial charge in [0, 0.05) is 12.7 Å². The molecule has 8 heteroatoms. The zero-order valence-corrected chi connectivity index (χ0v) is 12.5. The van der Waals surface area contributed by atoms with Gasteiger partial charge in [0.05, 0.1) is 4.47 Å². The zero-order valence-electron chi connectivity index (χ0n) is 10.9. The highest BCUT2D eigenvalue weighted by atomic mass is 79.9. The number of aromatic nitrogens is 2. The fraction of sp³-hybridized carbons (Fsp3) is 0.231. The van der Waals surface area contributed by atoms with E-state index in [2.05, 4.69) is 36.0 Å². The van der Waals surface area contributed by atoms with Gasteiger partial charge in [0.2, 0.25) is 0 Å². The molecule has 1 N–H and O–H groups in total. The molecule has 0 aliphatic rings. The molecule has 1 aromatic heterocycles. The summed E-state index contributed by atoms with van der Waals surface area (Å²) in [7, 11) is 0. The van der Waals surface area contributed by atoms with Crippen molar-refractivity contribution in [1.82, 2.24) is 9.97 Å². The molecule has 2 aromatic rings. The third-order valence-electron chi connectivity index (χ3n) is 2.48. The molecule has 0 bridgehead atoms. The van der Waals surface area contributed by atoms with E-state index in [-0.39, 0.29) is 5.75 Å². The van der Waals surface area contributed by atoms with Gasteiger partial charge in [-0.25, -0.2) is 9.97 Å². The number of hydrogen-bond donors (Lipinski definition) is 1. The predicted molar refractivity (Wildman–Crippen MR) is 74.9 cm³/mol. The minimum Gasteiger partial charge on any atom is -0.406 e. The van der Waals surface area contributed by atoms with Crippen LogP contribution in [0.3, 0.4) is 0 Å². The first kappa shape index (κ1) is 15.6. The standard InChI is InChI=1S/C13H11BrF3N3O/c1-8-18-7-11(14)12(20-8)19-6-9-2-4-10(5-3-9)21-13(15,16)17/h2-5,7H,6H2,1H3,(H,18,19,20). The summed E-state index contributed by atoms with van der Waals surface area (Å²) in [4.78, 5) is 8.23. The van der Waals surface area contributed by atoms with Crippen LogP contribution in [0.25, 0.3) is 0 Å². The average Bonchev–Trinajstić information content (AvgIpc) is 2.40.